The van der Waals surface area contributed by atoms with Crippen molar-refractivity contribution in [1.82, 2.24) is 15.5 Å². The van der Waals surface area contributed by atoms with E-state index in [1.165, 1.54) is 11.3 Å². The molecule has 106 valence electrons. The van der Waals surface area contributed by atoms with Crippen LogP contribution < -0.4 is 11.1 Å². The van der Waals surface area contributed by atoms with Crippen LogP contribution in [-0.2, 0) is 17.8 Å². The Balaban J connectivity index is 1.84. The van der Waals surface area contributed by atoms with Gasteiger partial charge in [0.25, 0.3) is 0 Å². The van der Waals surface area contributed by atoms with Crippen molar-refractivity contribution in [3.63, 3.8) is 0 Å². The highest BCUT2D eigenvalue weighted by Crippen LogP contribution is 2.18. The van der Waals surface area contributed by atoms with Crippen LogP contribution in [0.4, 0.5) is 5.69 Å². The Morgan fingerprint density at radius 2 is 2.00 bits per heavy atom. The van der Waals surface area contributed by atoms with Gasteiger partial charge in [0.1, 0.15) is 10.0 Å². The molecule has 1 heterocycles. The van der Waals surface area contributed by atoms with E-state index in [4.69, 9.17) is 5.73 Å². The first-order valence-electron chi connectivity index (χ1n) is 6.48. The summed E-state index contributed by atoms with van der Waals surface area (Å²) in [4.78, 5) is 11.8. The molecule has 6 heteroatoms. The topological polar surface area (TPSA) is 80.9 Å². The van der Waals surface area contributed by atoms with Crippen LogP contribution in [0.5, 0.6) is 0 Å². The Labute approximate surface area is 122 Å². The number of nitrogens with two attached hydrogens (primary N) is 1. The number of hydrogen-bond donors (Lipinski definition) is 2. The van der Waals surface area contributed by atoms with Crippen molar-refractivity contribution in [2.75, 3.05) is 5.73 Å². The summed E-state index contributed by atoms with van der Waals surface area (Å²) in [5.74, 6) is 0.336. The lowest BCUT2D eigenvalue weighted by molar-refractivity contribution is -0.120. The van der Waals surface area contributed by atoms with Crippen LogP contribution in [0.2, 0.25) is 0 Å². The first kappa shape index (κ1) is 14.5. The summed E-state index contributed by atoms with van der Waals surface area (Å²) in [7, 11) is 0. The van der Waals surface area contributed by atoms with Gasteiger partial charge in [0.2, 0.25) is 5.91 Å². The highest BCUT2D eigenvalue weighted by atomic mass is 32.1. The fourth-order valence-corrected chi connectivity index (χ4v) is 2.41. The molecule has 1 aromatic heterocycles. The van der Waals surface area contributed by atoms with E-state index in [-0.39, 0.29) is 5.91 Å². The van der Waals surface area contributed by atoms with E-state index in [9.17, 15) is 4.79 Å². The number of carbonyl (C=O) groups excluding carboxylic acids is 1. The summed E-state index contributed by atoms with van der Waals surface area (Å²) in [6.45, 7) is 4.58. The van der Waals surface area contributed by atoms with Gasteiger partial charge < -0.3 is 11.1 Å². The highest BCUT2D eigenvalue weighted by molar-refractivity contribution is 7.11. The molecule has 2 aromatic rings. The van der Waals surface area contributed by atoms with Gasteiger partial charge >= 0.3 is 0 Å². The van der Waals surface area contributed by atoms with E-state index >= 15 is 0 Å². The van der Waals surface area contributed by atoms with E-state index in [2.05, 4.69) is 29.4 Å². The lowest BCUT2D eigenvalue weighted by Crippen LogP contribution is -2.24. The van der Waals surface area contributed by atoms with Gasteiger partial charge in [-0.05, 0) is 17.7 Å². The van der Waals surface area contributed by atoms with E-state index in [0.29, 0.717) is 24.6 Å². The zero-order valence-electron chi connectivity index (χ0n) is 11.6. The summed E-state index contributed by atoms with van der Waals surface area (Å²) in [5.41, 5.74) is 7.24. The second-order valence-corrected chi connectivity index (χ2v) is 5.98. The number of benzene rings is 1. The molecule has 0 spiro atoms. The summed E-state index contributed by atoms with van der Waals surface area (Å²) < 4.78 is 0. The number of amides is 1. The van der Waals surface area contributed by atoms with Gasteiger partial charge in [-0.2, -0.15) is 0 Å². The van der Waals surface area contributed by atoms with Gasteiger partial charge in [0.15, 0.2) is 0 Å². The van der Waals surface area contributed by atoms with Crippen molar-refractivity contribution in [3.05, 3.63) is 39.8 Å². The molecule has 0 fully saturated rings. The Morgan fingerprint density at radius 3 is 2.60 bits per heavy atom. The van der Waals surface area contributed by atoms with Crippen molar-refractivity contribution in [2.45, 2.75) is 32.7 Å². The average molecular weight is 290 g/mol. The molecule has 0 radical (unpaired) electrons. The lowest BCUT2D eigenvalue weighted by atomic mass is 10.1. The number of nitrogen functional groups attached to an aromatic ring is 1. The Morgan fingerprint density at radius 1 is 1.30 bits per heavy atom. The molecule has 0 saturated carbocycles. The van der Waals surface area contributed by atoms with Crippen molar-refractivity contribution in [1.29, 1.82) is 0 Å². The van der Waals surface area contributed by atoms with Crippen molar-refractivity contribution < 1.29 is 4.79 Å². The molecule has 1 aromatic carbocycles. The predicted octanol–water partition coefficient (Wildman–Crippen LogP) is 2.10. The van der Waals surface area contributed by atoms with E-state index in [1.54, 1.807) is 12.1 Å². The van der Waals surface area contributed by atoms with E-state index in [0.717, 1.165) is 15.6 Å². The monoisotopic (exact) mass is 290 g/mol. The quantitative estimate of drug-likeness (QED) is 0.826. The first-order chi connectivity index (χ1) is 9.54. The fourth-order valence-electron chi connectivity index (χ4n) is 1.63. The van der Waals surface area contributed by atoms with Crippen LogP contribution in [0.25, 0.3) is 0 Å². The number of nitrogens with one attached hydrogen (secondary N) is 1. The molecule has 20 heavy (non-hydrogen) atoms. The minimum Gasteiger partial charge on any atom is -0.399 e. The largest absolute Gasteiger partial charge is 0.399 e. The molecule has 5 nitrogen and oxygen atoms in total. The van der Waals surface area contributed by atoms with Crippen molar-refractivity contribution in [3.8, 4) is 0 Å². The van der Waals surface area contributed by atoms with E-state index < -0.39 is 0 Å². The molecule has 3 N–H and O–H groups in total. The lowest BCUT2D eigenvalue weighted by Gasteiger charge is -2.03. The normalized spacial score (nSPS) is 10.8. The van der Waals surface area contributed by atoms with Gasteiger partial charge in [-0.1, -0.05) is 37.3 Å². The molecule has 0 aliphatic rings. The number of hydrogen-bond acceptors (Lipinski definition) is 5. The van der Waals surface area contributed by atoms with Crippen LogP contribution >= 0.6 is 11.3 Å². The zero-order chi connectivity index (χ0) is 14.5. The van der Waals surface area contributed by atoms with Gasteiger partial charge in [-0.25, -0.2) is 0 Å². The maximum atomic E-state index is 11.8. The molecule has 0 saturated heterocycles. The standard InChI is InChI=1S/C14H18N4OS/c1-9(2)14-18-17-13(20-14)8-16-12(19)7-10-3-5-11(15)6-4-10/h3-6,9H,7-8,15H2,1-2H3,(H,16,19). The third-order valence-corrected chi connectivity index (χ3v) is 3.98. The third-order valence-electron chi connectivity index (χ3n) is 2.76. The predicted molar refractivity (Wildman–Crippen MR) is 80.4 cm³/mol. The van der Waals surface area contributed by atoms with Crippen LogP contribution in [0.1, 0.15) is 35.3 Å². The smallest absolute Gasteiger partial charge is 0.224 e. The van der Waals surface area contributed by atoms with Crippen LogP contribution in [0.3, 0.4) is 0 Å². The average Bonchev–Trinajstić information content (AvgIpc) is 2.88. The molecule has 0 unspecified atom stereocenters. The molecule has 0 aliphatic carbocycles. The highest BCUT2D eigenvalue weighted by Gasteiger charge is 2.09. The van der Waals surface area contributed by atoms with Gasteiger partial charge in [0.05, 0.1) is 13.0 Å². The van der Waals surface area contributed by atoms with Gasteiger partial charge in [0, 0.05) is 11.6 Å². The molecular formula is C14H18N4OS. The molecule has 2 rings (SSSR count). The Hall–Kier alpha value is -1.95. The number of rotatable bonds is 5. The summed E-state index contributed by atoms with van der Waals surface area (Å²) in [5, 5.41) is 12.8. The molecular weight excluding hydrogens is 272 g/mol. The number of aromatic nitrogens is 2. The minimum absolute atomic E-state index is 0.0314. The zero-order valence-corrected chi connectivity index (χ0v) is 12.4. The van der Waals surface area contributed by atoms with Crippen molar-refractivity contribution in [2.24, 2.45) is 0 Å². The molecule has 1 amide bonds. The second-order valence-electron chi connectivity index (χ2n) is 4.88. The summed E-state index contributed by atoms with van der Waals surface area (Å²) in [6.07, 6.45) is 0.343. The molecule has 0 aliphatic heterocycles. The van der Waals surface area contributed by atoms with E-state index in [1.807, 2.05) is 12.1 Å². The Bertz CT molecular complexity index is 577. The third kappa shape index (κ3) is 4.03. The van der Waals surface area contributed by atoms with Crippen LogP contribution in [0.15, 0.2) is 24.3 Å². The number of carbonyl (C=O) groups is 1. The maximum absolute atomic E-state index is 11.8. The van der Waals surface area contributed by atoms with Crippen LogP contribution in [-0.4, -0.2) is 16.1 Å². The van der Waals surface area contributed by atoms with Crippen molar-refractivity contribution >= 4 is 22.9 Å². The fraction of sp³-hybridized carbons (Fsp3) is 0.357. The minimum atomic E-state index is -0.0314. The SMILES string of the molecule is CC(C)c1nnc(CNC(=O)Cc2ccc(N)cc2)s1. The number of nitrogens with zero attached hydrogens (tertiary/aromatic N) is 2. The molecule has 0 atom stereocenters. The summed E-state index contributed by atoms with van der Waals surface area (Å²) >= 11 is 1.54. The van der Waals surface area contributed by atoms with Gasteiger partial charge in [-0.3, -0.25) is 4.79 Å². The number of anilines is 1. The maximum Gasteiger partial charge on any atom is 0.224 e. The van der Waals surface area contributed by atoms with Gasteiger partial charge in [-0.15, -0.1) is 10.2 Å². The summed E-state index contributed by atoms with van der Waals surface area (Å²) in [6, 6.07) is 7.30. The first-order valence-corrected chi connectivity index (χ1v) is 7.29. The molecule has 0 bridgehead atoms. The Kier molecular flexibility index (Phi) is 4.68. The van der Waals surface area contributed by atoms with Crippen LogP contribution in [0, 0.1) is 0 Å². The second kappa shape index (κ2) is 6.47.